The summed E-state index contributed by atoms with van der Waals surface area (Å²) >= 11 is 3.36. The predicted octanol–water partition coefficient (Wildman–Crippen LogP) is 4.15. The van der Waals surface area contributed by atoms with E-state index in [2.05, 4.69) is 15.9 Å². The zero-order chi connectivity index (χ0) is 13.1. The smallest absolute Gasteiger partial charge is 0.165 e. The van der Waals surface area contributed by atoms with Gasteiger partial charge in [-0.2, -0.15) is 0 Å². The highest BCUT2D eigenvalue weighted by Crippen LogP contribution is 2.29. The Morgan fingerprint density at radius 2 is 1.94 bits per heavy atom. The molecule has 2 aromatic carbocycles. The lowest BCUT2D eigenvalue weighted by atomic mass is 10.2. The lowest BCUT2D eigenvalue weighted by Gasteiger charge is -2.11. The fourth-order valence-corrected chi connectivity index (χ4v) is 2.02. The van der Waals surface area contributed by atoms with Crippen LogP contribution in [-0.2, 0) is 6.54 Å². The minimum atomic E-state index is -0.383. The lowest BCUT2D eigenvalue weighted by molar-refractivity contribution is 0.437. The van der Waals surface area contributed by atoms with Crippen molar-refractivity contribution < 1.29 is 9.13 Å². The molecule has 0 amide bonds. The summed E-state index contributed by atoms with van der Waals surface area (Å²) in [5, 5.41) is 0. The molecule has 0 aliphatic heterocycles. The summed E-state index contributed by atoms with van der Waals surface area (Å²) in [5.74, 6) is 0.406. The van der Waals surface area contributed by atoms with Crippen molar-refractivity contribution in [2.45, 2.75) is 13.5 Å². The van der Waals surface area contributed by atoms with Crippen molar-refractivity contribution in [3.63, 3.8) is 0 Å². The molecular formula is C14H13BrFNO. The topological polar surface area (TPSA) is 35.2 Å². The fraction of sp³-hybridized carbons (Fsp3) is 0.143. The summed E-state index contributed by atoms with van der Waals surface area (Å²) in [7, 11) is 0. The Labute approximate surface area is 114 Å². The predicted molar refractivity (Wildman–Crippen MR) is 73.2 cm³/mol. The molecule has 0 aromatic heterocycles. The Balaban J connectivity index is 2.36. The molecule has 18 heavy (non-hydrogen) atoms. The molecule has 94 valence electrons. The van der Waals surface area contributed by atoms with Crippen LogP contribution in [0.25, 0.3) is 0 Å². The number of nitrogens with two attached hydrogens (primary N) is 1. The zero-order valence-corrected chi connectivity index (χ0v) is 11.5. The molecule has 0 radical (unpaired) electrons. The molecular weight excluding hydrogens is 297 g/mol. The van der Waals surface area contributed by atoms with Crippen molar-refractivity contribution in [2.24, 2.45) is 5.73 Å². The highest BCUT2D eigenvalue weighted by atomic mass is 79.9. The van der Waals surface area contributed by atoms with Gasteiger partial charge >= 0.3 is 0 Å². The van der Waals surface area contributed by atoms with E-state index in [1.807, 2.05) is 19.1 Å². The van der Waals surface area contributed by atoms with E-state index in [0.717, 1.165) is 15.6 Å². The van der Waals surface area contributed by atoms with E-state index in [9.17, 15) is 4.39 Å². The average molecular weight is 310 g/mol. The van der Waals surface area contributed by atoms with Crippen LogP contribution >= 0.6 is 15.9 Å². The van der Waals surface area contributed by atoms with Crippen molar-refractivity contribution in [3.8, 4) is 11.5 Å². The lowest BCUT2D eigenvalue weighted by Crippen LogP contribution is -2.00. The van der Waals surface area contributed by atoms with Crippen molar-refractivity contribution >= 4 is 15.9 Å². The van der Waals surface area contributed by atoms with E-state index in [0.29, 0.717) is 12.3 Å². The van der Waals surface area contributed by atoms with E-state index in [1.165, 1.54) is 6.07 Å². The molecule has 2 aromatic rings. The summed E-state index contributed by atoms with van der Waals surface area (Å²) in [6.45, 7) is 2.22. The van der Waals surface area contributed by atoms with Gasteiger partial charge in [0.05, 0.1) is 0 Å². The summed E-state index contributed by atoms with van der Waals surface area (Å²) in [4.78, 5) is 0. The van der Waals surface area contributed by atoms with Gasteiger partial charge in [-0.15, -0.1) is 0 Å². The number of rotatable bonds is 3. The zero-order valence-electron chi connectivity index (χ0n) is 9.91. The van der Waals surface area contributed by atoms with E-state index in [-0.39, 0.29) is 11.6 Å². The van der Waals surface area contributed by atoms with Crippen LogP contribution in [0.3, 0.4) is 0 Å². The molecule has 0 heterocycles. The number of ether oxygens (including phenoxy) is 1. The second-order valence-corrected chi connectivity index (χ2v) is 4.91. The SMILES string of the molecule is Cc1ccc(F)c(Oc2ccc(Br)cc2CN)c1. The maximum absolute atomic E-state index is 13.6. The first-order valence-electron chi connectivity index (χ1n) is 5.52. The van der Waals surface area contributed by atoms with Gasteiger partial charge in [0.1, 0.15) is 5.75 Å². The Morgan fingerprint density at radius 3 is 2.67 bits per heavy atom. The molecule has 0 aliphatic carbocycles. The molecule has 0 bridgehead atoms. The van der Waals surface area contributed by atoms with Crippen LogP contribution in [-0.4, -0.2) is 0 Å². The highest BCUT2D eigenvalue weighted by Gasteiger charge is 2.08. The third kappa shape index (κ3) is 2.89. The summed E-state index contributed by atoms with van der Waals surface area (Å²) in [6, 6.07) is 10.2. The van der Waals surface area contributed by atoms with Crippen LogP contribution in [0.2, 0.25) is 0 Å². The van der Waals surface area contributed by atoms with Gasteiger partial charge in [0.25, 0.3) is 0 Å². The van der Waals surface area contributed by atoms with Crippen molar-refractivity contribution in [3.05, 3.63) is 57.8 Å². The van der Waals surface area contributed by atoms with Crippen molar-refractivity contribution in [2.75, 3.05) is 0 Å². The average Bonchev–Trinajstić information content (AvgIpc) is 2.36. The van der Waals surface area contributed by atoms with Crippen LogP contribution in [0.4, 0.5) is 4.39 Å². The first kappa shape index (κ1) is 13.1. The van der Waals surface area contributed by atoms with Crippen LogP contribution < -0.4 is 10.5 Å². The molecule has 0 fully saturated rings. The number of aryl methyl sites for hydroxylation is 1. The number of hydrogen-bond acceptors (Lipinski definition) is 2. The number of benzene rings is 2. The molecule has 2 N–H and O–H groups in total. The van der Waals surface area contributed by atoms with E-state index in [1.54, 1.807) is 18.2 Å². The molecule has 0 spiro atoms. The molecule has 0 saturated heterocycles. The van der Waals surface area contributed by atoms with E-state index in [4.69, 9.17) is 10.5 Å². The minimum Gasteiger partial charge on any atom is -0.454 e. The van der Waals surface area contributed by atoms with Gasteiger partial charge in [-0.05, 0) is 42.8 Å². The van der Waals surface area contributed by atoms with Gasteiger partial charge in [0, 0.05) is 16.6 Å². The first-order valence-corrected chi connectivity index (χ1v) is 6.32. The van der Waals surface area contributed by atoms with E-state index < -0.39 is 0 Å². The summed E-state index contributed by atoms with van der Waals surface area (Å²) in [5.41, 5.74) is 7.41. The van der Waals surface area contributed by atoms with Gasteiger partial charge in [-0.3, -0.25) is 0 Å². The Morgan fingerprint density at radius 1 is 1.17 bits per heavy atom. The molecule has 2 nitrogen and oxygen atoms in total. The third-order valence-corrected chi connectivity index (χ3v) is 3.04. The van der Waals surface area contributed by atoms with Crippen LogP contribution in [0.5, 0.6) is 11.5 Å². The summed E-state index contributed by atoms with van der Waals surface area (Å²) < 4.78 is 20.1. The molecule has 0 saturated carbocycles. The minimum absolute atomic E-state index is 0.215. The largest absolute Gasteiger partial charge is 0.454 e. The Kier molecular flexibility index (Phi) is 3.99. The monoisotopic (exact) mass is 309 g/mol. The molecule has 0 atom stereocenters. The maximum Gasteiger partial charge on any atom is 0.165 e. The Bertz CT molecular complexity index is 572. The highest BCUT2D eigenvalue weighted by molar-refractivity contribution is 9.10. The molecule has 4 heteroatoms. The van der Waals surface area contributed by atoms with Gasteiger partial charge in [0.15, 0.2) is 11.6 Å². The quantitative estimate of drug-likeness (QED) is 0.924. The number of halogens is 2. The van der Waals surface area contributed by atoms with Crippen LogP contribution in [0.15, 0.2) is 40.9 Å². The normalized spacial score (nSPS) is 10.4. The third-order valence-electron chi connectivity index (χ3n) is 2.55. The molecule has 0 unspecified atom stereocenters. The Hall–Kier alpha value is -1.39. The fourth-order valence-electron chi connectivity index (χ4n) is 1.61. The van der Waals surface area contributed by atoms with Gasteiger partial charge in [-0.1, -0.05) is 22.0 Å². The first-order chi connectivity index (χ1) is 8.60. The van der Waals surface area contributed by atoms with E-state index >= 15 is 0 Å². The molecule has 2 rings (SSSR count). The van der Waals surface area contributed by atoms with Crippen LogP contribution in [0, 0.1) is 12.7 Å². The van der Waals surface area contributed by atoms with Gasteiger partial charge in [0.2, 0.25) is 0 Å². The number of hydrogen-bond donors (Lipinski definition) is 1. The van der Waals surface area contributed by atoms with Gasteiger partial charge < -0.3 is 10.5 Å². The second-order valence-electron chi connectivity index (χ2n) is 3.99. The van der Waals surface area contributed by atoms with Crippen LogP contribution in [0.1, 0.15) is 11.1 Å². The standard InChI is InChI=1S/C14H13BrFNO/c1-9-2-4-12(16)14(6-9)18-13-5-3-11(15)7-10(13)8-17/h2-7H,8,17H2,1H3. The summed E-state index contributed by atoms with van der Waals surface area (Å²) in [6.07, 6.45) is 0. The maximum atomic E-state index is 13.6. The second kappa shape index (κ2) is 5.50. The van der Waals surface area contributed by atoms with Crippen molar-refractivity contribution in [1.82, 2.24) is 0 Å². The molecule has 0 aliphatic rings. The van der Waals surface area contributed by atoms with Crippen molar-refractivity contribution in [1.29, 1.82) is 0 Å². The van der Waals surface area contributed by atoms with Gasteiger partial charge in [-0.25, -0.2) is 4.39 Å².